The minimum absolute atomic E-state index is 0.00170. The van der Waals surface area contributed by atoms with E-state index in [2.05, 4.69) is 22.2 Å². The molecule has 246 valence electrons. The van der Waals surface area contributed by atoms with Gasteiger partial charge in [0.2, 0.25) is 11.7 Å². The number of carbonyl (C=O) groups is 2. The van der Waals surface area contributed by atoms with Crippen molar-refractivity contribution in [2.24, 2.45) is 11.3 Å². The largest absolute Gasteiger partial charge is 0.504 e. The van der Waals surface area contributed by atoms with Gasteiger partial charge in [-0.2, -0.15) is 9.50 Å². The smallest absolute Gasteiger partial charge is 0.279 e. The fourth-order valence-electron chi connectivity index (χ4n) is 9.86. The van der Waals surface area contributed by atoms with Crippen LogP contribution in [0.3, 0.4) is 0 Å². The highest BCUT2D eigenvalue weighted by molar-refractivity contribution is 5.95. The van der Waals surface area contributed by atoms with Gasteiger partial charge >= 0.3 is 0 Å². The summed E-state index contributed by atoms with van der Waals surface area (Å²) in [7, 11) is 0. The van der Waals surface area contributed by atoms with E-state index in [-0.39, 0.29) is 46.8 Å². The first-order chi connectivity index (χ1) is 22.6. The van der Waals surface area contributed by atoms with Crippen LogP contribution < -0.4 is 10.9 Å². The number of likely N-dealkylation sites (tertiary alicyclic amines) is 1. The lowest BCUT2D eigenvalue weighted by molar-refractivity contribution is -0.176. The molecule has 5 fully saturated rings. The Kier molecular flexibility index (Phi) is 6.14. The van der Waals surface area contributed by atoms with E-state index >= 15 is 0 Å². The zero-order valence-electron chi connectivity index (χ0n) is 26.9. The SMILES string of the molecule is Cc1ncnc(C(=O)N2CCC3(CC2)C[C@H](C)c2c3c(=O)n3nc(C4=CCOCC4)nc3n2CC(=O)NC23CC(C4CC4)(C2)C3)c1O. The number of piperidine rings is 1. The van der Waals surface area contributed by atoms with Crippen molar-refractivity contribution in [2.75, 3.05) is 26.3 Å². The second-order valence-electron chi connectivity index (χ2n) is 15.2. The van der Waals surface area contributed by atoms with Crippen molar-refractivity contribution in [2.45, 2.75) is 95.1 Å². The Bertz CT molecular complexity index is 1930. The van der Waals surface area contributed by atoms with E-state index in [0.717, 1.165) is 42.9 Å². The van der Waals surface area contributed by atoms with Gasteiger partial charge in [-0.05, 0) is 87.5 Å². The molecule has 0 radical (unpaired) electrons. The summed E-state index contributed by atoms with van der Waals surface area (Å²) in [6, 6.07) is 0. The summed E-state index contributed by atoms with van der Waals surface area (Å²) in [6.07, 6.45) is 11.7. The molecule has 1 atom stereocenters. The van der Waals surface area contributed by atoms with E-state index in [9.17, 15) is 19.5 Å². The standard InChI is InChI=1S/C34H40N8O5/c1-19-13-32(7-9-40(10-8-32)30(46)25-27(44)20(2)35-18-36-25)24-26(19)41(14-23(43)38-34-15-33(16-34,17-34)22-3-4-22)31-37-28(39-42(31)29(24)45)21-5-11-47-12-6-21/h5,18-19,22,44H,3-4,6-17H2,1-2H3,(H,38,43)/t19-,33?,34?/m0/s1. The maximum Gasteiger partial charge on any atom is 0.279 e. The number of nitrogens with one attached hydrogen (secondary N) is 1. The zero-order valence-corrected chi connectivity index (χ0v) is 26.9. The highest BCUT2D eigenvalue weighted by Crippen LogP contribution is 2.75. The van der Waals surface area contributed by atoms with Crippen molar-refractivity contribution in [1.82, 2.24) is 39.3 Å². The third-order valence-corrected chi connectivity index (χ3v) is 12.2. The summed E-state index contributed by atoms with van der Waals surface area (Å²) in [5.74, 6) is 1.14. The Morgan fingerprint density at radius 2 is 1.91 bits per heavy atom. The Morgan fingerprint density at radius 3 is 2.62 bits per heavy atom. The van der Waals surface area contributed by atoms with E-state index in [1.807, 2.05) is 10.6 Å². The normalized spacial score (nSPS) is 28.9. The average Bonchev–Trinajstić information content (AvgIpc) is 3.70. The molecular weight excluding hydrogens is 600 g/mol. The second kappa shape index (κ2) is 9.94. The van der Waals surface area contributed by atoms with Crippen molar-refractivity contribution < 1.29 is 19.4 Å². The monoisotopic (exact) mass is 640 g/mol. The molecule has 0 aromatic carbocycles. The van der Waals surface area contributed by atoms with Gasteiger partial charge in [0.1, 0.15) is 12.9 Å². The second-order valence-corrected chi connectivity index (χ2v) is 15.2. The molecule has 13 heteroatoms. The number of aromatic nitrogens is 6. The number of ether oxygens (including phenoxy) is 1. The van der Waals surface area contributed by atoms with Crippen molar-refractivity contribution >= 4 is 23.2 Å². The van der Waals surface area contributed by atoms with Crippen molar-refractivity contribution in [1.29, 1.82) is 0 Å². The van der Waals surface area contributed by atoms with Crippen LogP contribution in [0.15, 0.2) is 17.2 Å². The lowest BCUT2D eigenvalue weighted by Gasteiger charge is -2.71. The number of rotatable bonds is 6. The van der Waals surface area contributed by atoms with Gasteiger partial charge in [-0.3, -0.25) is 14.4 Å². The minimum Gasteiger partial charge on any atom is -0.504 e. The highest BCUT2D eigenvalue weighted by atomic mass is 16.5. The number of carbonyl (C=O) groups excluding carboxylic acids is 2. The van der Waals surface area contributed by atoms with E-state index < -0.39 is 5.41 Å². The number of aryl methyl sites for hydroxylation is 1. The Hall–Kier alpha value is -4.13. The third kappa shape index (κ3) is 4.27. The van der Waals surface area contributed by atoms with E-state index in [1.54, 1.807) is 11.8 Å². The van der Waals surface area contributed by atoms with Gasteiger partial charge in [-0.15, -0.1) is 5.10 Å². The molecular formula is C34H40N8O5. The number of hydrogen-bond acceptors (Lipinski definition) is 9. The summed E-state index contributed by atoms with van der Waals surface area (Å²) in [6.45, 7) is 5.68. The van der Waals surface area contributed by atoms with Crippen LogP contribution in [0.5, 0.6) is 5.75 Å². The fraction of sp³-hybridized carbons (Fsp3) is 0.618. The molecule has 4 saturated carbocycles. The summed E-state index contributed by atoms with van der Waals surface area (Å²) in [5, 5.41) is 18.6. The van der Waals surface area contributed by atoms with Crippen LogP contribution in [-0.2, 0) is 21.5 Å². The zero-order chi connectivity index (χ0) is 32.3. The molecule has 2 aliphatic heterocycles. The molecule has 3 aromatic rings. The van der Waals surface area contributed by atoms with Crippen LogP contribution in [0.2, 0.25) is 0 Å². The predicted octanol–water partition coefficient (Wildman–Crippen LogP) is 2.63. The molecule has 0 unspecified atom stereocenters. The van der Waals surface area contributed by atoms with Crippen LogP contribution in [0.4, 0.5) is 0 Å². The van der Waals surface area contributed by atoms with Crippen LogP contribution in [-0.4, -0.2) is 82.8 Å². The molecule has 1 saturated heterocycles. The number of fused-ring (bicyclic) bond motifs is 3. The van der Waals surface area contributed by atoms with Gasteiger partial charge in [-0.25, -0.2) is 9.97 Å². The summed E-state index contributed by atoms with van der Waals surface area (Å²) in [5.41, 5.74) is 2.55. The van der Waals surface area contributed by atoms with E-state index in [1.165, 1.54) is 23.7 Å². The first-order valence-electron chi connectivity index (χ1n) is 17.0. The number of aromatic hydroxyl groups is 1. The molecule has 2 amide bonds. The molecule has 13 nitrogen and oxygen atoms in total. The number of nitrogens with zero attached hydrogens (tertiary/aromatic N) is 7. The molecule has 2 bridgehead atoms. The minimum atomic E-state index is -0.479. The first kappa shape index (κ1) is 29.0. The maximum absolute atomic E-state index is 14.5. The molecule has 1 spiro atoms. The molecule has 5 aliphatic carbocycles. The fourth-order valence-corrected chi connectivity index (χ4v) is 9.86. The van der Waals surface area contributed by atoms with Gasteiger partial charge in [0.05, 0.1) is 18.9 Å². The lowest BCUT2D eigenvalue weighted by Crippen LogP contribution is -2.75. The van der Waals surface area contributed by atoms with Crippen LogP contribution in [0.25, 0.3) is 11.4 Å². The van der Waals surface area contributed by atoms with Gasteiger partial charge in [0.25, 0.3) is 11.5 Å². The Balaban J connectivity index is 1.06. The van der Waals surface area contributed by atoms with Crippen LogP contribution >= 0.6 is 0 Å². The van der Waals surface area contributed by atoms with Crippen molar-refractivity contribution in [3.8, 4) is 5.75 Å². The molecule has 3 aromatic heterocycles. The molecule has 7 aliphatic rings. The number of amides is 2. The summed E-state index contributed by atoms with van der Waals surface area (Å²) >= 11 is 0. The summed E-state index contributed by atoms with van der Waals surface area (Å²) in [4.78, 5) is 56.2. The average molecular weight is 641 g/mol. The van der Waals surface area contributed by atoms with Crippen molar-refractivity contribution in [3.05, 3.63) is 51.2 Å². The molecule has 5 heterocycles. The lowest BCUT2D eigenvalue weighted by atomic mass is 9.37. The van der Waals surface area contributed by atoms with Gasteiger partial charge in [0.15, 0.2) is 17.3 Å². The van der Waals surface area contributed by atoms with Crippen LogP contribution in [0, 0.1) is 18.3 Å². The Morgan fingerprint density at radius 1 is 1.15 bits per heavy atom. The quantitative estimate of drug-likeness (QED) is 0.413. The third-order valence-electron chi connectivity index (χ3n) is 12.2. The topological polar surface area (TPSA) is 157 Å². The van der Waals surface area contributed by atoms with Gasteiger partial charge in [0, 0.05) is 35.3 Å². The number of hydrogen-bond donors (Lipinski definition) is 2. The predicted molar refractivity (Wildman–Crippen MR) is 169 cm³/mol. The molecule has 10 rings (SSSR count). The maximum atomic E-state index is 14.5. The first-order valence-corrected chi connectivity index (χ1v) is 17.0. The van der Waals surface area contributed by atoms with E-state index in [0.29, 0.717) is 73.8 Å². The van der Waals surface area contributed by atoms with Gasteiger partial charge in [-0.1, -0.05) is 13.0 Å². The van der Waals surface area contributed by atoms with E-state index in [4.69, 9.17) is 14.8 Å². The van der Waals surface area contributed by atoms with Crippen molar-refractivity contribution in [3.63, 3.8) is 0 Å². The molecule has 2 N–H and O–H groups in total. The summed E-state index contributed by atoms with van der Waals surface area (Å²) < 4.78 is 8.85. The van der Waals surface area contributed by atoms with Crippen LogP contribution in [0.1, 0.15) is 104 Å². The van der Waals surface area contributed by atoms with Gasteiger partial charge < -0.3 is 24.6 Å². The molecule has 47 heavy (non-hydrogen) atoms. The highest BCUT2D eigenvalue weighted by Gasteiger charge is 2.72. The Labute approximate surface area is 271 Å².